The van der Waals surface area contributed by atoms with Crippen LogP contribution in [0, 0.1) is 13.8 Å². The highest BCUT2D eigenvalue weighted by Crippen LogP contribution is 2.26. The molecule has 1 aliphatic rings. The van der Waals surface area contributed by atoms with Crippen molar-refractivity contribution in [3.05, 3.63) is 23.3 Å². The van der Waals surface area contributed by atoms with Gasteiger partial charge in [-0.15, -0.1) is 0 Å². The number of aliphatic hydroxyl groups excluding tert-OH is 1. The second-order valence-electron chi connectivity index (χ2n) is 5.04. The van der Waals surface area contributed by atoms with Crippen LogP contribution < -0.4 is 14.8 Å². The quantitative estimate of drug-likeness (QED) is 0.724. The van der Waals surface area contributed by atoms with Gasteiger partial charge in [-0.25, -0.2) is 13.1 Å². The van der Waals surface area contributed by atoms with Crippen molar-refractivity contribution in [2.75, 3.05) is 20.2 Å². The third-order valence-electron chi connectivity index (χ3n) is 3.47. The molecule has 1 saturated heterocycles. The Morgan fingerprint density at radius 1 is 1.30 bits per heavy atom. The normalized spacial score (nSPS) is 23.0. The summed E-state index contributed by atoms with van der Waals surface area (Å²) in [6.45, 7) is 4.41. The van der Waals surface area contributed by atoms with Crippen molar-refractivity contribution in [1.82, 2.24) is 10.0 Å². The average molecular weight is 300 g/mol. The fraction of sp³-hybridized carbons (Fsp3) is 0.538. The first kappa shape index (κ1) is 15.2. The maximum atomic E-state index is 12.4. The Kier molecular flexibility index (Phi) is 4.33. The molecule has 0 saturated carbocycles. The zero-order valence-electron chi connectivity index (χ0n) is 11.8. The first-order valence-corrected chi connectivity index (χ1v) is 7.90. The number of ether oxygens (including phenoxy) is 1. The van der Waals surface area contributed by atoms with Crippen molar-refractivity contribution < 1.29 is 18.3 Å². The molecule has 20 heavy (non-hydrogen) atoms. The van der Waals surface area contributed by atoms with Crippen LogP contribution in [0.5, 0.6) is 5.75 Å². The Balaban J connectivity index is 2.34. The summed E-state index contributed by atoms with van der Waals surface area (Å²) in [4.78, 5) is 0.180. The molecule has 2 atom stereocenters. The second kappa shape index (κ2) is 5.69. The fourth-order valence-electron chi connectivity index (χ4n) is 2.37. The van der Waals surface area contributed by atoms with Crippen molar-refractivity contribution in [2.45, 2.75) is 30.9 Å². The lowest BCUT2D eigenvalue weighted by Gasteiger charge is -2.18. The molecular formula is C13H20N2O4S. The lowest BCUT2D eigenvalue weighted by Crippen LogP contribution is -2.42. The molecule has 0 spiro atoms. The SMILES string of the molecule is COc1cc(S(=O)(=O)N[C@@H]2CNC[C@H]2O)c(C)cc1C. The zero-order valence-corrected chi connectivity index (χ0v) is 12.6. The van der Waals surface area contributed by atoms with Crippen LogP contribution in [-0.4, -0.2) is 45.9 Å². The molecule has 1 fully saturated rings. The minimum atomic E-state index is -3.69. The molecule has 0 unspecified atom stereocenters. The lowest BCUT2D eigenvalue weighted by atomic mass is 10.1. The monoisotopic (exact) mass is 300 g/mol. The minimum absolute atomic E-state index is 0.180. The first-order chi connectivity index (χ1) is 9.35. The van der Waals surface area contributed by atoms with Crippen LogP contribution in [0.4, 0.5) is 0 Å². The molecule has 6 nitrogen and oxygen atoms in total. The van der Waals surface area contributed by atoms with E-state index in [-0.39, 0.29) is 4.90 Å². The summed E-state index contributed by atoms with van der Waals surface area (Å²) in [5.41, 5.74) is 1.53. The van der Waals surface area contributed by atoms with Gasteiger partial charge in [-0.05, 0) is 25.0 Å². The number of rotatable bonds is 4. The molecular weight excluding hydrogens is 280 g/mol. The third kappa shape index (κ3) is 2.95. The maximum absolute atomic E-state index is 12.4. The molecule has 0 bridgehead atoms. The van der Waals surface area contributed by atoms with Crippen molar-refractivity contribution in [3.63, 3.8) is 0 Å². The topological polar surface area (TPSA) is 87.7 Å². The van der Waals surface area contributed by atoms with Gasteiger partial charge >= 0.3 is 0 Å². The number of benzene rings is 1. The predicted molar refractivity (Wildman–Crippen MR) is 75.5 cm³/mol. The Bertz CT molecular complexity index is 601. The summed E-state index contributed by atoms with van der Waals surface area (Å²) < 4.78 is 32.6. The molecule has 1 heterocycles. The Hall–Kier alpha value is -1.15. The smallest absolute Gasteiger partial charge is 0.241 e. The maximum Gasteiger partial charge on any atom is 0.241 e. The number of sulfonamides is 1. The van der Waals surface area contributed by atoms with Gasteiger partial charge in [-0.2, -0.15) is 0 Å². The molecule has 112 valence electrons. The molecule has 1 aliphatic heterocycles. The number of β-amino-alcohol motifs (C(OH)–C–C–N with tert-alkyl or cyclic N) is 1. The van der Waals surface area contributed by atoms with E-state index in [9.17, 15) is 13.5 Å². The molecule has 1 aromatic rings. The molecule has 1 aromatic carbocycles. The number of nitrogens with one attached hydrogen (secondary N) is 2. The zero-order chi connectivity index (χ0) is 14.9. The van der Waals surface area contributed by atoms with Gasteiger partial charge < -0.3 is 15.2 Å². The number of hydrogen-bond donors (Lipinski definition) is 3. The van der Waals surface area contributed by atoms with E-state index in [4.69, 9.17) is 4.74 Å². The summed E-state index contributed by atoms with van der Waals surface area (Å²) in [6, 6.07) is 2.78. The van der Waals surface area contributed by atoms with Crippen molar-refractivity contribution in [2.24, 2.45) is 0 Å². The molecule has 0 aromatic heterocycles. The fourth-order valence-corrected chi connectivity index (χ4v) is 3.88. The highest BCUT2D eigenvalue weighted by molar-refractivity contribution is 7.89. The Morgan fingerprint density at radius 3 is 2.55 bits per heavy atom. The van der Waals surface area contributed by atoms with Crippen molar-refractivity contribution >= 4 is 10.0 Å². The van der Waals surface area contributed by atoms with E-state index in [1.807, 2.05) is 6.92 Å². The second-order valence-corrected chi connectivity index (χ2v) is 6.72. The van der Waals surface area contributed by atoms with Crippen LogP contribution in [0.1, 0.15) is 11.1 Å². The van der Waals surface area contributed by atoms with E-state index >= 15 is 0 Å². The summed E-state index contributed by atoms with van der Waals surface area (Å²) in [6.07, 6.45) is -0.711. The highest BCUT2D eigenvalue weighted by atomic mass is 32.2. The molecule has 0 radical (unpaired) electrons. The summed E-state index contributed by atoms with van der Waals surface area (Å²) in [7, 11) is -2.18. The van der Waals surface area contributed by atoms with E-state index in [0.29, 0.717) is 24.4 Å². The van der Waals surface area contributed by atoms with Crippen LogP contribution in [0.15, 0.2) is 17.0 Å². The molecule has 7 heteroatoms. The van der Waals surface area contributed by atoms with E-state index < -0.39 is 22.2 Å². The van der Waals surface area contributed by atoms with Gasteiger partial charge in [0, 0.05) is 19.2 Å². The molecule has 0 aliphatic carbocycles. The van der Waals surface area contributed by atoms with Crippen LogP contribution in [0.3, 0.4) is 0 Å². The molecule has 0 amide bonds. The molecule has 2 rings (SSSR count). The molecule has 3 N–H and O–H groups in total. The Labute approximate surface area is 119 Å². The van der Waals surface area contributed by atoms with Gasteiger partial charge in [0.2, 0.25) is 10.0 Å². The predicted octanol–water partition coefficient (Wildman–Crippen LogP) is -0.0770. The standard InChI is InChI=1S/C13H20N2O4S/c1-8-4-9(2)13(5-12(8)19-3)20(17,18)15-10-6-14-7-11(10)16/h4-5,10-11,14-16H,6-7H2,1-3H3/t10-,11-/m1/s1. The number of aryl methyl sites for hydroxylation is 2. The summed E-state index contributed by atoms with van der Waals surface area (Å²) in [5.74, 6) is 0.529. The minimum Gasteiger partial charge on any atom is -0.496 e. The summed E-state index contributed by atoms with van der Waals surface area (Å²) in [5, 5.41) is 12.6. The van der Waals surface area contributed by atoms with Crippen LogP contribution >= 0.6 is 0 Å². The van der Waals surface area contributed by atoms with Gasteiger partial charge in [0.15, 0.2) is 0 Å². The average Bonchev–Trinajstić information content (AvgIpc) is 2.74. The highest BCUT2D eigenvalue weighted by Gasteiger charge is 2.30. The van der Waals surface area contributed by atoms with E-state index in [1.54, 1.807) is 13.0 Å². The summed E-state index contributed by atoms with van der Waals surface area (Å²) >= 11 is 0. The van der Waals surface area contributed by atoms with E-state index in [2.05, 4.69) is 10.0 Å². The van der Waals surface area contributed by atoms with Crippen molar-refractivity contribution in [1.29, 1.82) is 0 Å². The van der Waals surface area contributed by atoms with Crippen LogP contribution in [-0.2, 0) is 10.0 Å². The van der Waals surface area contributed by atoms with E-state index in [0.717, 1.165) is 5.56 Å². The first-order valence-electron chi connectivity index (χ1n) is 6.41. The van der Waals surface area contributed by atoms with Gasteiger partial charge in [0.1, 0.15) is 5.75 Å². The number of hydrogen-bond acceptors (Lipinski definition) is 5. The largest absolute Gasteiger partial charge is 0.496 e. The van der Waals surface area contributed by atoms with Gasteiger partial charge in [-0.1, -0.05) is 6.07 Å². The van der Waals surface area contributed by atoms with E-state index in [1.165, 1.54) is 13.2 Å². The number of aliphatic hydroxyl groups is 1. The van der Waals surface area contributed by atoms with Gasteiger partial charge in [-0.3, -0.25) is 0 Å². The van der Waals surface area contributed by atoms with Crippen LogP contribution in [0.2, 0.25) is 0 Å². The lowest BCUT2D eigenvalue weighted by molar-refractivity contribution is 0.172. The van der Waals surface area contributed by atoms with Crippen molar-refractivity contribution in [3.8, 4) is 5.75 Å². The number of methoxy groups -OCH3 is 1. The van der Waals surface area contributed by atoms with Gasteiger partial charge in [0.05, 0.1) is 24.2 Å². The van der Waals surface area contributed by atoms with Gasteiger partial charge in [0.25, 0.3) is 0 Å². The van der Waals surface area contributed by atoms with Crippen LogP contribution in [0.25, 0.3) is 0 Å². The Morgan fingerprint density at radius 2 is 2.00 bits per heavy atom. The third-order valence-corrected chi connectivity index (χ3v) is 5.10.